The Morgan fingerprint density at radius 2 is 1.85 bits per heavy atom. The van der Waals surface area contributed by atoms with E-state index in [0.717, 1.165) is 11.1 Å². The molecule has 0 spiro atoms. The molecule has 0 aliphatic rings. The van der Waals surface area contributed by atoms with Gasteiger partial charge in [0.05, 0.1) is 12.3 Å². The summed E-state index contributed by atoms with van der Waals surface area (Å²) >= 11 is 7.62. The lowest BCUT2D eigenvalue weighted by Crippen LogP contribution is -2.25. The van der Waals surface area contributed by atoms with Gasteiger partial charge in [-0.05, 0) is 29.5 Å². The second-order valence-corrected chi connectivity index (χ2v) is 7.34. The highest BCUT2D eigenvalue weighted by Crippen LogP contribution is 2.28. The van der Waals surface area contributed by atoms with Crippen LogP contribution in [0.1, 0.15) is 35.2 Å². The van der Waals surface area contributed by atoms with Crippen molar-refractivity contribution in [1.82, 2.24) is 15.5 Å². The Kier molecular flexibility index (Phi) is 6.90. The third kappa shape index (κ3) is 5.58. The molecule has 1 atom stereocenters. The largest absolute Gasteiger partial charge is 0.347 e. The fourth-order valence-corrected chi connectivity index (χ4v) is 3.29. The number of hydrogen-bond acceptors (Lipinski definition) is 5. The average Bonchev–Trinajstić information content (AvgIpc) is 3.14. The zero-order valence-corrected chi connectivity index (χ0v) is 16.5. The molecular weight excluding hydrogens is 382 g/mol. The lowest BCUT2D eigenvalue weighted by Gasteiger charge is -2.17. The summed E-state index contributed by atoms with van der Waals surface area (Å²) < 4.78 is 5.15. The molecule has 0 aliphatic carbocycles. The van der Waals surface area contributed by atoms with Gasteiger partial charge in [0, 0.05) is 17.4 Å². The van der Waals surface area contributed by atoms with E-state index in [1.54, 1.807) is 11.8 Å². The molecule has 27 heavy (non-hydrogen) atoms. The third-order valence-corrected chi connectivity index (χ3v) is 4.88. The molecule has 140 valence electrons. The summed E-state index contributed by atoms with van der Waals surface area (Å²) in [4.78, 5) is 16.8. The molecule has 1 unspecified atom stereocenters. The summed E-state index contributed by atoms with van der Waals surface area (Å²) in [5.41, 5.74) is 2.12. The van der Waals surface area contributed by atoms with Crippen LogP contribution in [0.25, 0.3) is 0 Å². The van der Waals surface area contributed by atoms with Crippen LogP contribution in [0.5, 0.6) is 0 Å². The molecule has 3 aromatic rings. The second-order valence-electron chi connectivity index (χ2n) is 6.03. The van der Waals surface area contributed by atoms with Gasteiger partial charge in [0.15, 0.2) is 5.82 Å². The Balaban J connectivity index is 1.67. The van der Waals surface area contributed by atoms with Gasteiger partial charge in [-0.3, -0.25) is 4.79 Å². The molecule has 1 heterocycles. The molecule has 7 heteroatoms. The number of amides is 1. The summed E-state index contributed by atoms with van der Waals surface area (Å²) in [6.07, 6.45) is 2.29. The number of nitrogens with one attached hydrogen (secondary N) is 1. The highest BCUT2D eigenvalue weighted by Gasteiger charge is 2.18. The number of hydrogen-bond donors (Lipinski definition) is 1. The normalized spacial score (nSPS) is 11.9. The predicted molar refractivity (Wildman–Crippen MR) is 108 cm³/mol. The summed E-state index contributed by atoms with van der Waals surface area (Å²) in [7, 11) is 0. The zero-order chi connectivity index (χ0) is 19.1. The summed E-state index contributed by atoms with van der Waals surface area (Å²) in [6, 6.07) is 17.6. The SMILES string of the molecule is CSCc1noc(CNC(=O)CC(c2ccccc2)c2ccc(Cl)cc2)n1. The molecule has 0 fully saturated rings. The molecule has 0 aliphatic heterocycles. The Morgan fingerprint density at radius 1 is 1.15 bits per heavy atom. The molecule has 0 radical (unpaired) electrons. The maximum Gasteiger partial charge on any atom is 0.246 e. The van der Waals surface area contributed by atoms with Gasteiger partial charge >= 0.3 is 0 Å². The minimum Gasteiger partial charge on any atom is -0.347 e. The molecule has 5 nitrogen and oxygen atoms in total. The molecule has 0 saturated heterocycles. The van der Waals surface area contributed by atoms with Crippen LogP contribution >= 0.6 is 23.4 Å². The van der Waals surface area contributed by atoms with E-state index in [0.29, 0.717) is 28.9 Å². The summed E-state index contributed by atoms with van der Waals surface area (Å²) in [5, 5.41) is 7.42. The number of benzene rings is 2. The van der Waals surface area contributed by atoms with Crippen molar-refractivity contribution in [2.24, 2.45) is 0 Å². The van der Waals surface area contributed by atoms with Gasteiger partial charge in [-0.25, -0.2) is 0 Å². The van der Waals surface area contributed by atoms with Crippen molar-refractivity contribution < 1.29 is 9.32 Å². The quantitative estimate of drug-likeness (QED) is 0.605. The van der Waals surface area contributed by atoms with Crippen LogP contribution in [-0.4, -0.2) is 22.3 Å². The number of thioether (sulfide) groups is 1. The van der Waals surface area contributed by atoms with Gasteiger partial charge in [0.2, 0.25) is 11.8 Å². The molecule has 1 N–H and O–H groups in total. The lowest BCUT2D eigenvalue weighted by atomic mass is 9.88. The first kappa shape index (κ1) is 19.5. The van der Waals surface area contributed by atoms with Crippen LogP contribution in [0.3, 0.4) is 0 Å². The van der Waals surface area contributed by atoms with Crippen LogP contribution in [-0.2, 0) is 17.1 Å². The highest BCUT2D eigenvalue weighted by molar-refractivity contribution is 7.97. The topological polar surface area (TPSA) is 68.0 Å². The molecule has 3 rings (SSSR count). The van der Waals surface area contributed by atoms with Crippen LogP contribution in [0, 0.1) is 0 Å². The Bertz CT molecular complexity index is 868. The van der Waals surface area contributed by atoms with E-state index < -0.39 is 0 Å². The minimum absolute atomic E-state index is 0.0572. The number of halogens is 1. The molecule has 0 bridgehead atoms. The van der Waals surface area contributed by atoms with Gasteiger partial charge in [0.1, 0.15) is 0 Å². The van der Waals surface area contributed by atoms with E-state index in [4.69, 9.17) is 16.1 Å². The predicted octanol–water partition coefficient (Wildman–Crippen LogP) is 4.42. The van der Waals surface area contributed by atoms with E-state index in [1.165, 1.54) is 0 Å². The molecule has 0 saturated carbocycles. The number of rotatable bonds is 8. The van der Waals surface area contributed by atoms with E-state index in [-0.39, 0.29) is 18.4 Å². The first-order valence-corrected chi connectivity index (χ1v) is 10.3. The van der Waals surface area contributed by atoms with Crippen molar-refractivity contribution in [1.29, 1.82) is 0 Å². The van der Waals surface area contributed by atoms with Crippen LogP contribution < -0.4 is 5.32 Å². The second kappa shape index (κ2) is 9.58. The van der Waals surface area contributed by atoms with Gasteiger partial charge < -0.3 is 9.84 Å². The molecule has 1 aromatic heterocycles. The molecule has 2 aromatic carbocycles. The lowest BCUT2D eigenvalue weighted by molar-refractivity contribution is -0.121. The molecular formula is C20H20ClN3O2S. The summed E-state index contributed by atoms with van der Waals surface area (Å²) in [6.45, 7) is 0.225. The van der Waals surface area contributed by atoms with E-state index in [2.05, 4.69) is 15.5 Å². The van der Waals surface area contributed by atoms with E-state index >= 15 is 0 Å². The first-order valence-electron chi connectivity index (χ1n) is 8.53. The van der Waals surface area contributed by atoms with Crippen LogP contribution in [0.4, 0.5) is 0 Å². The van der Waals surface area contributed by atoms with Crippen molar-refractivity contribution in [3.05, 3.63) is 82.5 Å². The Hall–Kier alpha value is -2.31. The van der Waals surface area contributed by atoms with Gasteiger partial charge in [-0.2, -0.15) is 16.7 Å². The van der Waals surface area contributed by atoms with Crippen molar-refractivity contribution in [2.75, 3.05) is 6.26 Å². The number of nitrogens with zero attached hydrogens (tertiary/aromatic N) is 2. The number of carbonyl (C=O) groups excluding carboxylic acids is 1. The van der Waals surface area contributed by atoms with Gasteiger partial charge in [0.25, 0.3) is 0 Å². The maximum atomic E-state index is 12.5. The smallest absolute Gasteiger partial charge is 0.246 e. The van der Waals surface area contributed by atoms with Crippen LogP contribution in [0.15, 0.2) is 59.1 Å². The number of aromatic nitrogens is 2. The monoisotopic (exact) mass is 401 g/mol. The van der Waals surface area contributed by atoms with Crippen molar-refractivity contribution in [2.45, 2.75) is 24.6 Å². The average molecular weight is 402 g/mol. The number of carbonyl (C=O) groups is 1. The third-order valence-electron chi connectivity index (χ3n) is 4.08. The minimum atomic E-state index is -0.0802. The maximum absolute atomic E-state index is 12.5. The first-order chi connectivity index (χ1) is 13.2. The fraction of sp³-hybridized carbons (Fsp3) is 0.250. The van der Waals surface area contributed by atoms with Crippen molar-refractivity contribution >= 4 is 29.3 Å². The summed E-state index contributed by atoms with van der Waals surface area (Å²) in [5.74, 6) is 1.59. The van der Waals surface area contributed by atoms with E-state index in [9.17, 15) is 4.79 Å². The van der Waals surface area contributed by atoms with Crippen molar-refractivity contribution in [3.8, 4) is 0 Å². The van der Waals surface area contributed by atoms with E-state index in [1.807, 2.05) is 60.9 Å². The Labute approximate surface area is 167 Å². The fourth-order valence-electron chi connectivity index (χ4n) is 2.79. The zero-order valence-electron chi connectivity index (χ0n) is 14.9. The highest BCUT2D eigenvalue weighted by atomic mass is 35.5. The van der Waals surface area contributed by atoms with Gasteiger partial charge in [-0.15, -0.1) is 0 Å². The van der Waals surface area contributed by atoms with Crippen LogP contribution in [0.2, 0.25) is 5.02 Å². The standard InChI is InChI=1S/C20H20ClN3O2S/c1-27-13-18-23-20(26-24-18)12-22-19(25)11-17(14-5-3-2-4-6-14)15-7-9-16(21)10-8-15/h2-10,17H,11-13H2,1H3,(H,22,25). The van der Waals surface area contributed by atoms with Crippen molar-refractivity contribution in [3.63, 3.8) is 0 Å². The Morgan fingerprint density at radius 3 is 2.56 bits per heavy atom. The van der Waals surface area contributed by atoms with Gasteiger partial charge in [-0.1, -0.05) is 59.2 Å². The molecule has 1 amide bonds.